The van der Waals surface area contributed by atoms with E-state index in [1.54, 1.807) is 7.11 Å². The molecule has 1 saturated heterocycles. The fourth-order valence-corrected chi connectivity index (χ4v) is 6.11. The Morgan fingerprint density at radius 1 is 0.938 bits per heavy atom. The van der Waals surface area contributed by atoms with Gasteiger partial charge < -0.3 is 9.64 Å². The number of benzene rings is 3. The summed E-state index contributed by atoms with van der Waals surface area (Å²) in [5.74, 6) is 2.19. The van der Waals surface area contributed by atoms with E-state index in [0.29, 0.717) is 34.8 Å². The summed E-state index contributed by atoms with van der Waals surface area (Å²) >= 11 is 0. The maximum Gasteiger partial charge on any atom is 0.157 e. The van der Waals surface area contributed by atoms with Gasteiger partial charge in [0.25, 0.3) is 0 Å². The molecule has 268 valence electrons. The van der Waals surface area contributed by atoms with Gasteiger partial charge in [-0.25, -0.2) is 4.39 Å². The molecule has 3 atom stereocenters. The van der Waals surface area contributed by atoms with Gasteiger partial charge in [-0.3, -0.25) is 4.99 Å². The number of likely N-dealkylation sites (tertiary alicyclic amines) is 1. The van der Waals surface area contributed by atoms with E-state index in [-0.39, 0.29) is 5.82 Å². The van der Waals surface area contributed by atoms with Crippen LogP contribution in [0.4, 0.5) is 10.1 Å². The Hall–Kier alpha value is -3.14. The Balaban J connectivity index is 0.00000153. The molecule has 0 bridgehead atoms. The van der Waals surface area contributed by atoms with Gasteiger partial charge in [-0.15, -0.1) is 0 Å². The largest absolute Gasteiger partial charge is 0.497 e. The van der Waals surface area contributed by atoms with Crippen molar-refractivity contribution in [1.29, 1.82) is 0 Å². The molecular weight excluding hydrogens is 591 g/mol. The summed E-state index contributed by atoms with van der Waals surface area (Å²) in [6.45, 7) is 29.8. The molecule has 0 N–H and O–H groups in total. The predicted octanol–water partition coefficient (Wildman–Crippen LogP) is 14.2. The van der Waals surface area contributed by atoms with E-state index < -0.39 is 0 Å². The minimum Gasteiger partial charge on any atom is -0.497 e. The highest BCUT2D eigenvalue weighted by Crippen LogP contribution is 2.41. The molecule has 2 unspecified atom stereocenters. The van der Waals surface area contributed by atoms with Gasteiger partial charge in [0.1, 0.15) is 11.4 Å². The summed E-state index contributed by atoms with van der Waals surface area (Å²) in [5.41, 5.74) is 4.38. The van der Waals surface area contributed by atoms with Crippen LogP contribution in [-0.4, -0.2) is 30.8 Å². The molecule has 48 heavy (non-hydrogen) atoms. The first-order chi connectivity index (χ1) is 23.1. The van der Waals surface area contributed by atoms with Gasteiger partial charge in [-0.1, -0.05) is 132 Å². The van der Waals surface area contributed by atoms with Crippen molar-refractivity contribution in [2.45, 2.75) is 128 Å². The fraction of sp³-hybridized carbons (Fsp3) is 0.568. The Morgan fingerprint density at radius 3 is 2.12 bits per heavy atom. The van der Waals surface area contributed by atoms with Crippen molar-refractivity contribution in [2.75, 3.05) is 20.2 Å². The number of hydrogen-bond acceptors (Lipinski definition) is 3. The van der Waals surface area contributed by atoms with Gasteiger partial charge in [0, 0.05) is 35.6 Å². The lowest BCUT2D eigenvalue weighted by Crippen LogP contribution is -2.28. The van der Waals surface area contributed by atoms with Crippen molar-refractivity contribution in [3.8, 4) is 16.9 Å². The standard InChI is InChI=1S/C37H49FN2O.C3H8.2C2H6/c1-8-9-12-25(2)17-18-28(5)39-37-32(29(6)40-23-26(3)15-16-27(4)24-40)19-20-34(36(37)38)35-22-31(41-7)21-30-13-10-11-14-33(30)35;1-3-2;2*1-2/h10-11,13-14,19-22,25-27H,6,8-9,12,15-18,23-24H2,1-5,7H3;3H2,1-2H3;2*1-2H3/t25-,26?,27?;;;/m0.../s1. The number of hydrogen-bond donors (Lipinski definition) is 0. The molecule has 4 rings (SSSR count). The second-order valence-corrected chi connectivity index (χ2v) is 13.2. The Labute approximate surface area is 295 Å². The average Bonchev–Trinajstić information content (AvgIpc) is 3.28. The van der Waals surface area contributed by atoms with Crippen LogP contribution in [0.3, 0.4) is 0 Å². The third-order valence-corrected chi connectivity index (χ3v) is 8.74. The monoisotopic (exact) mass is 661 g/mol. The van der Waals surface area contributed by atoms with Crippen molar-refractivity contribution in [1.82, 2.24) is 4.90 Å². The van der Waals surface area contributed by atoms with Crippen LogP contribution in [0.25, 0.3) is 27.6 Å². The van der Waals surface area contributed by atoms with Crippen LogP contribution in [0.1, 0.15) is 133 Å². The number of ether oxygens (including phenoxy) is 1. The van der Waals surface area contributed by atoms with E-state index in [4.69, 9.17) is 9.73 Å². The molecule has 0 spiro atoms. The minimum atomic E-state index is -0.295. The number of nitrogens with zero attached hydrogens (tertiary/aromatic N) is 2. The summed E-state index contributed by atoms with van der Waals surface area (Å²) in [5, 5.41) is 2.01. The van der Waals surface area contributed by atoms with E-state index in [2.05, 4.69) is 53.0 Å². The number of aliphatic imine (C=N–C) groups is 1. The van der Waals surface area contributed by atoms with Gasteiger partial charge in [0.15, 0.2) is 5.82 Å². The smallest absolute Gasteiger partial charge is 0.157 e. The molecule has 0 aliphatic carbocycles. The molecule has 1 fully saturated rings. The third-order valence-electron chi connectivity index (χ3n) is 8.74. The van der Waals surface area contributed by atoms with Crippen LogP contribution in [0.5, 0.6) is 5.75 Å². The zero-order valence-corrected chi connectivity index (χ0v) is 32.8. The first-order valence-electron chi connectivity index (χ1n) is 19.0. The Morgan fingerprint density at radius 2 is 1.54 bits per heavy atom. The van der Waals surface area contributed by atoms with Crippen molar-refractivity contribution in [3.05, 3.63) is 66.5 Å². The molecule has 0 radical (unpaired) electrons. The number of fused-ring (bicyclic) bond motifs is 1. The van der Waals surface area contributed by atoms with Crippen LogP contribution in [0.15, 0.2) is 60.1 Å². The van der Waals surface area contributed by atoms with Crippen LogP contribution in [0, 0.1) is 23.6 Å². The molecule has 3 nitrogen and oxygen atoms in total. The molecule has 0 aromatic heterocycles. The zero-order valence-electron chi connectivity index (χ0n) is 32.8. The predicted molar refractivity (Wildman–Crippen MR) is 213 cm³/mol. The van der Waals surface area contributed by atoms with Gasteiger partial charge in [-0.05, 0) is 84.9 Å². The molecule has 1 aliphatic heterocycles. The van der Waals surface area contributed by atoms with Crippen LogP contribution in [-0.2, 0) is 0 Å². The summed E-state index contributed by atoms with van der Waals surface area (Å²) in [7, 11) is 1.65. The first-order valence-corrected chi connectivity index (χ1v) is 19.0. The minimum absolute atomic E-state index is 0.295. The molecule has 0 saturated carbocycles. The molecule has 3 aromatic rings. The van der Waals surface area contributed by atoms with E-state index in [1.807, 2.05) is 83.1 Å². The average molecular weight is 661 g/mol. The lowest BCUT2D eigenvalue weighted by Gasteiger charge is -2.29. The molecule has 3 aromatic carbocycles. The van der Waals surface area contributed by atoms with Crippen LogP contribution < -0.4 is 4.74 Å². The van der Waals surface area contributed by atoms with E-state index in [0.717, 1.165) is 59.2 Å². The Bertz CT molecular complexity index is 1380. The molecule has 4 heteroatoms. The highest BCUT2D eigenvalue weighted by atomic mass is 19.1. The SMILES string of the molecule is C=C(c1ccc(-c2cc(OC)cc3ccccc23)c(F)c1N=C(C)CC[C@@H](C)CCCC)N1CC(C)CCC(C)C1.CC.CC.CCC. The number of halogens is 1. The van der Waals surface area contributed by atoms with Crippen LogP contribution >= 0.6 is 0 Å². The van der Waals surface area contributed by atoms with Crippen molar-refractivity contribution in [2.24, 2.45) is 22.7 Å². The lowest BCUT2D eigenvalue weighted by molar-refractivity contribution is 0.340. The summed E-state index contributed by atoms with van der Waals surface area (Å²) < 4.78 is 22.5. The van der Waals surface area contributed by atoms with Crippen molar-refractivity contribution < 1.29 is 9.13 Å². The molecule has 0 amide bonds. The maximum absolute atomic E-state index is 16.9. The van der Waals surface area contributed by atoms with Crippen molar-refractivity contribution in [3.63, 3.8) is 0 Å². The van der Waals surface area contributed by atoms with Gasteiger partial charge in [0.05, 0.1) is 7.11 Å². The third kappa shape index (κ3) is 12.7. The van der Waals surface area contributed by atoms with E-state index in [9.17, 15) is 0 Å². The highest BCUT2D eigenvalue weighted by Gasteiger charge is 2.25. The number of rotatable bonds is 11. The topological polar surface area (TPSA) is 24.8 Å². The fourth-order valence-electron chi connectivity index (χ4n) is 6.11. The summed E-state index contributed by atoms with van der Waals surface area (Å²) in [6, 6.07) is 16.0. The highest BCUT2D eigenvalue weighted by molar-refractivity contribution is 5.99. The molecular formula is C44H69FN2O. The van der Waals surface area contributed by atoms with Gasteiger partial charge in [-0.2, -0.15) is 0 Å². The Kier molecular flexibility index (Phi) is 20.8. The number of unbranched alkanes of at least 4 members (excludes halogenated alkanes) is 1. The normalized spacial score (nSPS) is 16.7. The summed E-state index contributed by atoms with van der Waals surface area (Å²) in [6.07, 6.45) is 9.29. The second kappa shape index (κ2) is 23.3. The quantitative estimate of drug-likeness (QED) is 0.191. The zero-order chi connectivity index (χ0) is 36.2. The molecule has 1 heterocycles. The number of methoxy groups -OCH3 is 1. The van der Waals surface area contributed by atoms with Crippen molar-refractivity contribution >= 4 is 27.9 Å². The van der Waals surface area contributed by atoms with Gasteiger partial charge in [0.2, 0.25) is 0 Å². The second-order valence-electron chi connectivity index (χ2n) is 13.2. The van der Waals surface area contributed by atoms with Gasteiger partial charge >= 0.3 is 0 Å². The van der Waals surface area contributed by atoms with E-state index >= 15 is 4.39 Å². The summed E-state index contributed by atoms with van der Waals surface area (Å²) in [4.78, 5) is 7.38. The lowest BCUT2D eigenvalue weighted by atomic mass is 9.94. The first kappa shape index (κ1) is 42.9. The van der Waals surface area contributed by atoms with E-state index in [1.165, 1.54) is 38.5 Å². The molecule has 1 aliphatic rings. The maximum atomic E-state index is 16.9. The van der Waals surface area contributed by atoms with Crippen LogP contribution in [0.2, 0.25) is 0 Å².